The molecule has 0 aliphatic carbocycles. The molecule has 2 aromatic heterocycles. The van der Waals surface area contributed by atoms with E-state index in [0.717, 1.165) is 5.56 Å². The predicted molar refractivity (Wildman–Crippen MR) is 121 cm³/mol. The Hall–Kier alpha value is -2.82. The summed E-state index contributed by atoms with van der Waals surface area (Å²) in [6.45, 7) is 0.514. The second-order valence-corrected chi connectivity index (χ2v) is 9.68. The Kier molecular flexibility index (Phi) is 5.43. The molecule has 7 nitrogen and oxygen atoms in total. The van der Waals surface area contributed by atoms with Gasteiger partial charge in [-0.15, -0.1) is 0 Å². The van der Waals surface area contributed by atoms with Crippen LogP contribution in [0.2, 0.25) is 0 Å². The van der Waals surface area contributed by atoms with E-state index in [1.54, 1.807) is 56.6 Å². The second kappa shape index (κ2) is 8.37. The van der Waals surface area contributed by atoms with E-state index in [4.69, 9.17) is 15.6 Å². The lowest BCUT2D eigenvalue weighted by molar-refractivity contribution is 0.191. The van der Waals surface area contributed by atoms with Crippen molar-refractivity contribution in [1.82, 2.24) is 19.7 Å². The number of nitrogens with two attached hydrogens (primary N) is 1. The molecule has 1 aliphatic rings. The Labute approximate surface area is 185 Å². The Morgan fingerprint density at radius 3 is 2.71 bits per heavy atom. The molecule has 4 aromatic rings. The van der Waals surface area contributed by atoms with Crippen molar-refractivity contribution in [2.45, 2.75) is 17.9 Å². The first-order chi connectivity index (χ1) is 15.1. The number of nitrogen functional groups attached to an aromatic ring is 1. The van der Waals surface area contributed by atoms with E-state index in [-0.39, 0.29) is 11.0 Å². The minimum Gasteiger partial charge on any atom is -0.454 e. The molecule has 1 fully saturated rings. The fraction of sp³-hybridized carbons (Fsp3) is 0.190. The summed E-state index contributed by atoms with van der Waals surface area (Å²) in [6.07, 6.45) is 1.02. The Morgan fingerprint density at radius 2 is 1.97 bits per heavy atom. The minimum atomic E-state index is -0.425. The standard InChI is InChI=1S/C21H18FN5O2S2/c22-14-3-1-2-4-16(14)29-13-7-5-12(6-8-13)19-18-20(23)24-11-25-21(18)27(26-19)9-17-15(28)10-30-31-17/h1-8,11,15,17,28H,9-10H2,(H2,23,24,25). The van der Waals surface area contributed by atoms with Crippen molar-refractivity contribution in [3.8, 4) is 22.8 Å². The first kappa shape index (κ1) is 20.1. The molecule has 2 aromatic carbocycles. The maximum absolute atomic E-state index is 13.8. The maximum atomic E-state index is 13.8. The van der Waals surface area contributed by atoms with Crippen molar-refractivity contribution in [2.75, 3.05) is 11.5 Å². The van der Waals surface area contributed by atoms with Crippen LogP contribution in [0.3, 0.4) is 0 Å². The van der Waals surface area contributed by atoms with Crippen LogP contribution in [0.4, 0.5) is 10.2 Å². The molecule has 5 rings (SSSR count). The van der Waals surface area contributed by atoms with Crippen LogP contribution in [-0.4, -0.2) is 42.0 Å². The van der Waals surface area contributed by atoms with Crippen LogP contribution in [0.5, 0.6) is 11.5 Å². The van der Waals surface area contributed by atoms with Gasteiger partial charge in [0.05, 0.1) is 23.3 Å². The average Bonchev–Trinajstić information content (AvgIpc) is 3.35. The van der Waals surface area contributed by atoms with E-state index >= 15 is 0 Å². The molecule has 158 valence electrons. The Balaban J connectivity index is 1.49. The highest BCUT2D eigenvalue weighted by atomic mass is 33.1. The van der Waals surface area contributed by atoms with Crippen molar-refractivity contribution in [2.24, 2.45) is 0 Å². The summed E-state index contributed by atoms with van der Waals surface area (Å²) >= 11 is 0. The third-order valence-electron chi connectivity index (χ3n) is 4.96. The first-order valence-electron chi connectivity index (χ1n) is 9.56. The van der Waals surface area contributed by atoms with Gasteiger partial charge < -0.3 is 15.6 Å². The molecule has 2 atom stereocenters. The van der Waals surface area contributed by atoms with Gasteiger partial charge in [-0.2, -0.15) is 5.10 Å². The molecule has 0 saturated carbocycles. The van der Waals surface area contributed by atoms with E-state index < -0.39 is 11.9 Å². The fourth-order valence-electron chi connectivity index (χ4n) is 3.39. The number of rotatable bonds is 5. The molecule has 3 N–H and O–H groups in total. The van der Waals surface area contributed by atoms with Crippen molar-refractivity contribution in [3.05, 3.63) is 60.7 Å². The van der Waals surface area contributed by atoms with Crippen LogP contribution in [0.15, 0.2) is 54.9 Å². The zero-order valence-corrected chi connectivity index (χ0v) is 17.8. The first-order valence-corrected chi connectivity index (χ1v) is 11.9. The quantitative estimate of drug-likeness (QED) is 0.434. The van der Waals surface area contributed by atoms with Crippen LogP contribution < -0.4 is 10.5 Å². The Bertz CT molecular complexity index is 1230. The molecule has 1 aliphatic heterocycles. The summed E-state index contributed by atoms with van der Waals surface area (Å²) in [7, 11) is 3.30. The minimum absolute atomic E-state index is 0.0219. The van der Waals surface area contributed by atoms with Crippen LogP contribution in [0.1, 0.15) is 0 Å². The highest BCUT2D eigenvalue weighted by Gasteiger charge is 2.29. The summed E-state index contributed by atoms with van der Waals surface area (Å²) in [5.74, 6) is 1.28. The SMILES string of the molecule is Nc1ncnc2c1c(-c1ccc(Oc3ccccc3F)cc1)nn2CC1SSCC1O. The highest BCUT2D eigenvalue weighted by molar-refractivity contribution is 8.77. The fourth-order valence-corrected chi connectivity index (χ4v) is 6.30. The molecule has 1 saturated heterocycles. The Morgan fingerprint density at radius 1 is 1.16 bits per heavy atom. The van der Waals surface area contributed by atoms with Gasteiger partial charge in [-0.05, 0) is 36.4 Å². The predicted octanol–water partition coefficient (Wildman–Crippen LogP) is 4.13. The zero-order chi connectivity index (χ0) is 21.4. The molecule has 2 unspecified atom stereocenters. The maximum Gasteiger partial charge on any atom is 0.165 e. The van der Waals surface area contributed by atoms with Gasteiger partial charge in [0, 0.05) is 11.3 Å². The summed E-state index contributed by atoms with van der Waals surface area (Å²) < 4.78 is 21.3. The molecule has 10 heteroatoms. The summed E-state index contributed by atoms with van der Waals surface area (Å²) in [5, 5.41) is 15.6. The largest absolute Gasteiger partial charge is 0.454 e. The zero-order valence-electron chi connectivity index (χ0n) is 16.2. The van der Waals surface area contributed by atoms with Gasteiger partial charge in [-0.1, -0.05) is 33.7 Å². The van der Waals surface area contributed by atoms with Crippen molar-refractivity contribution in [1.29, 1.82) is 0 Å². The van der Waals surface area contributed by atoms with Gasteiger partial charge >= 0.3 is 0 Å². The molecule has 31 heavy (non-hydrogen) atoms. The number of ether oxygens (including phenoxy) is 1. The molecular formula is C21H18FN5O2S2. The summed E-state index contributed by atoms with van der Waals surface area (Å²) in [5.41, 5.74) is 8.24. The summed E-state index contributed by atoms with van der Waals surface area (Å²) in [4.78, 5) is 8.51. The monoisotopic (exact) mass is 455 g/mol. The van der Waals surface area contributed by atoms with Gasteiger partial charge in [0.15, 0.2) is 17.2 Å². The van der Waals surface area contributed by atoms with Gasteiger partial charge in [-0.25, -0.2) is 19.0 Å². The van der Waals surface area contributed by atoms with Gasteiger partial charge in [0.2, 0.25) is 0 Å². The smallest absolute Gasteiger partial charge is 0.165 e. The third kappa shape index (κ3) is 3.93. The van der Waals surface area contributed by atoms with Gasteiger partial charge in [0.25, 0.3) is 0 Å². The number of halogens is 1. The number of anilines is 1. The number of fused-ring (bicyclic) bond motifs is 1. The van der Waals surface area contributed by atoms with Gasteiger partial charge in [0.1, 0.15) is 23.6 Å². The van der Waals surface area contributed by atoms with Crippen molar-refractivity contribution in [3.63, 3.8) is 0 Å². The number of benzene rings is 2. The number of aromatic nitrogens is 4. The van der Waals surface area contributed by atoms with E-state index in [1.165, 1.54) is 12.4 Å². The van der Waals surface area contributed by atoms with Crippen LogP contribution >= 0.6 is 21.6 Å². The highest BCUT2D eigenvalue weighted by Crippen LogP contribution is 2.39. The summed E-state index contributed by atoms with van der Waals surface area (Å²) in [6, 6.07) is 13.4. The number of nitrogens with zero attached hydrogens (tertiary/aromatic N) is 4. The number of hydrogen-bond donors (Lipinski definition) is 2. The van der Waals surface area contributed by atoms with E-state index in [0.29, 0.717) is 40.6 Å². The molecule has 3 heterocycles. The molecule has 0 radical (unpaired) electrons. The van der Waals surface area contributed by atoms with Crippen LogP contribution in [-0.2, 0) is 6.54 Å². The number of hydrogen-bond acceptors (Lipinski definition) is 8. The number of aliphatic hydroxyl groups is 1. The lowest BCUT2D eigenvalue weighted by Gasteiger charge is -2.12. The lowest BCUT2D eigenvalue weighted by atomic mass is 10.1. The van der Waals surface area contributed by atoms with Crippen molar-refractivity contribution >= 4 is 38.4 Å². The van der Waals surface area contributed by atoms with Crippen molar-refractivity contribution < 1.29 is 14.2 Å². The third-order valence-corrected chi connectivity index (χ3v) is 7.85. The number of aliphatic hydroxyl groups excluding tert-OH is 1. The van der Waals surface area contributed by atoms with E-state index in [9.17, 15) is 9.50 Å². The van der Waals surface area contributed by atoms with E-state index in [1.807, 2.05) is 12.1 Å². The van der Waals surface area contributed by atoms with Crippen LogP contribution in [0, 0.1) is 5.82 Å². The topological polar surface area (TPSA) is 99.1 Å². The van der Waals surface area contributed by atoms with Crippen LogP contribution in [0.25, 0.3) is 22.3 Å². The molecular weight excluding hydrogens is 437 g/mol. The normalized spacial score (nSPS) is 18.5. The van der Waals surface area contributed by atoms with E-state index in [2.05, 4.69) is 9.97 Å². The number of para-hydroxylation sites is 1. The van der Waals surface area contributed by atoms with Gasteiger partial charge in [-0.3, -0.25) is 0 Å². The lowest BCUT2D eigenvalue weighted by Crippen LogP contribution is -2.25. The molecule has 0 amide bonds. The average molecular weight is 456 g/mol. The molecule has 0 bridgehead atoms. The molecule has 0 spiro atoms. The second-order valence-electron chi connectivity index (χ2n) is 7.03.